The Morgan fingerprint density at radius 2 is 2.33 bits per heavy atom. The van der Waals surface area contributed by atoms with Crippen molar-refractivity contribution in [2.24, 2.45) is 0 Å². The molecule has 1 fully saturated rings. The molecule has 0 saturated carbocycles. The molecule has 1 aliphatic rings. The summed E-state index contributed by atoms with van der Waals surface area (Å²) >= 11 is 0. The molecule has 2 rings (SSSR count). The molecule has 0 radical (unpaired) electrons. The number of hydrogen-bond donors (Lipinski definition) is 0. The van der Waals surface area contributed by atoms with Gasteiger partial charge in [0.25, 0.3) is 0 Å². The van der Waals surface area contributed by atoms with E-state index in [9.17, 15) is 9.59 Å². The maximum absolute atomic E-state index is 11.4. The molecular formula is C10H11NO4. The third kappa shape index (κ3) is 2.24. The van der Waals surface area contributed by atoms with Crippen LogP contribution in [-0.4, -0.2) is 36.9 Å². The van der Waals surface area contributed by atoms with Gasteiger partial charge in [-0.15, -0.1) is 0 Å². The van der Waals surface area contributed by atoms with E-state index in [4.69, 9.17) is 9.15 Å². The Labute approximate surface area is 86.6 Å². The molecule has 1 aromatic heterocycles. The van der Waals surface area contributed by atoms with Crippen LogP contribution >= 0.6 is 0 Å². The molecule has 80 valence electrons. The number of aldehydes is 1. The van der Waals surface area contributed by atoms with E-state index < -0.39 is 0 Å². The second kappa shape index (κ2) is 4.27. The lowest BCUT2D eigenvalue weighted by Gasteiger charge is -2.25. The molecular weight excluding hydrogens is 198 g/mol. The summed E-state index contributed by atoms with van der Waals surface area (Å²) in [6.07, 6.45) is 0.643. The SMILES string of the molecule is O=Cc1ccc(CN2CCOCC2=O)o1. The number of morpholine rings is 1. The number of rotatable bonds is 3. The van der Waals surface area contributed by atoms with E-state index in [-0.39, 0.29) is 18.3 Å². The molecule has 0 atom stereocenters. The van der Waals surface area contributed by atoms with Crippen LogP contribution in [0.5, 0.6) is 0 Å². The lowest BCUT2D eigenvalue weighted by molar-refractivity contribution is -0.143. The maximum atomic E-state index is 11.4. The predicted molar refractivity (Wildman–Crippen MR) is 50.3 cm³/mol. The van der Waals surface area contributed by atoms with E-state index in [0.29, 0.717) is 31.7 Å². The van der Waals surface area contributed by atoms with Crippen molar-refractivity contribution in [2.75, 3.05) is 19.8 Å². The zero-order valence-electron chi connectivity index (χ0n) is 8.14. The van der Waals surface area contributed by atoms with Gasteiger partial charge in [-0.1, -0.05) is 0 Å². The van der Waals surface area contributed by atoms with Gasteiger partial charge in [-0.25, -0.2) is 0 Å². The maximum Gasteiger partial charge on any atom is 0.249 e. The van der Waals surface area contributed by atoms with Crippen LogP contribution < -0.4 is 0 Å². The standard InChI is InChI=1S/C10H11NO4/c12-6-9-2-1-8(15-9)5-11-3-4-14-7-10(11)13/h1-2,6H,3-5,7H2. The molecule has 15 heavy (non-hydrogen) atoms. The minimum absolute atomic E-state index is 0.0506. The third-order valence-corrected chi connectivity index (χ3v) is 2.23. The van der Waals surface area contributed by atoms with Crippen LogP contribution in [0.3, 0.4) is 0 Å². The summed E-state index contributed by atoms with van der Waals surface area (Å²) in [5.74, 6) is 0.850. The van der Waals surface area contributed by atoms with Crippen molar-refractivity contribution < 1.29 is 18.7 Å². The van der Waals surface area contributed by atoms with Crippen molar-refractivity contribution in [1.29, 1.82) is 0 Å². The lowest BCUT2D eigenvalue weighted by atomic mass is 10.3. The summed E-state index contributed by atoms with van der Waals surface area (Å²) in [5.41, 5.74) is 0. The van der Waals surface area contributed by atoms with Crippen LogP contribution in [0, 0.1) is 0 Å². The first-order chi connectivity index (χ1) is 7.29. The Morgan fingerprint density at radius 3 is 3.00 bits per heavy atom. The van der Waals surface area contributed by atoms with Crippen LogP contribution in [0.1, 0.15) is 16.3 Å². The summed E-state index contributed by atoms with van der Waals surface area (Å²) < 4.78 is 10.2. The predicted octanol–water partition coefficient (Wildman–Crippen LogP) is 0.451. The average molecular weight is 209 g/mol. The van der Waals surface area contributed by atoms with E-state index in [2.05, 4.69) is 0 Å². The fourth-order valence-electron chi connectivity index (χ4n) is 1.45. The molecule has 0 aromatic carbocycles. The molecule has 1 saturated heterocycles. The quantitative estimate of drug-likeness (QED) is 0.678. The summed E-state index contributed by atoms with van der Waals surface area (Å²) in [5, 5.41) is 0. The van der Waals surface area contributed by atoms with Gasteiger partial charge in [0.1, 0.15) is 12.4 Å². The van der Waals surface area contributed by atoms with Gasteiger partial charge in [0, 0.05) is 6.54 Å². The van der Waals surface area contributed by atoms with Gasteiger partial charge in [-0.05, 0) is 12.1 Å². The van der Waals surface area contributed by atoms with Gasteiger partial charge in [0.05, 0.1) is 13.2 Å². The molecule has 0 spiro atoms. The summed E-state index contributed by atoms with van der Waals surface area (Å²) in [6, 6.07) is 3.29. The molecule has 5 heteroatoms. The molecule has 0 aliphatic carbocycles. The summed E-state index contributed by atoms with van der Waals surface area (Å²) in [6.45, 7) is 1.64. The zero-order chi connectivity index (χ0) is 10.7. The van der Waals surface area contributed by atoms with E-state index in [1.54, 1.807) is 17.0 Å². The molecule has 1 amide bonds. The Morgan fingerprint density at radius 1 is 1.47 bits per heavy atom. The fraction of sp³-hybridized carbons (Fsp3) is 0.400. The highest BCUT2D eigenvalue weighted by molar-refractivity contribution is 5.78. The van der Waals surface area contributed by atoms with Gasteiger partial charge in [0.2, 0.25) is 5.91 Å². The van der Waals surface area contributed by atoms with Crippen LogP contribution in [0.25, 0.3) is 0 Å². The van der Waals surface area contributed by atoms with Gasteiger partial charge < -0.3 is 14.1 Å². The Kier molecular flexibility index (Phi) is 2.82. The minimum atomic E-state index is -0.0506. The number of carbonyl (C=O) groups is 2. The van der Waals surface area contributed by atoms with Crippen molar-refractivity contribution in [1.82, 2.24) is 4.90 Å². The highest BCUT2D eigenvalue weighted by Crippen LogP contribution is 2.10. The van der Waals surface area contributed by atoms with Crippen molar-refractivity contribution >= 4 is 12.2 Å². The van der Waals surface area contributed by atoms with E-state index in [1.165, 1.54) is 0 Å². The molecule has 0 unspecified atom stereocenters. The smallest absolute Gasteiger partial charge is 0.249 e. The highest BCUT2D eigenvalue weighted by atomic mass is 16.5. The van der Waals surface area contributed by atoms with Gasteiger partial charge in [-0.3, -0.25) is 9.59 Å². The average Bonchev–Trinajstić information content (AvgIpc) is 2.69. The Hall–Kier alpha value is -1.62. The largest absolute Gasteiger partial charge is 0.456 e. The molecule has 0 bridgehead atoms. The van der Waals surface area contributed by atoms with Crippen LogP contribution in [0.15, 0.2) is 16.5 Å². The first-order valence-electron chi connectivity index (χ1n) is 4.69. The number of hydrogen-bond acceptors (Lipinski definition) is 4. The number of amides is 1. The molecule has 1 aliphatic heterocycles. The normalized spacial score (nSPS) is 16.8. The van der Waals surface area contributed by atoms with Gasteiger partial charge in [0.15, 0.2) is 12.0 Å². The second-order valence-electron chi connectivity index (χ2n) is 3.29. The lowest BCUT2D eigenvalue weighted by Crippen LogP contribution is -2.40. The van der Waals surface area contributed by atoms with Crippen LogP contribution in [-0.2, 0) is 16.1 Å². The molecule has 5 nitrogen and oxygen atoms in total. The number of nitrogens with zero attached hydrogens (tertiary/aromatic N) is 1. The van der Waals surface area contributed by atoms with Gasteiger partial charge >= 0.3 is 0 Å². The number of furan rings is 1. The van der Waals surface area contributed by atoms with Crippen molar-refractivity contribution in [3.63, 3.8) is 0 Å². The number of ether oxygens (including phenoxy) is 1. The third-order valence-electron chi connectivity index (χ3n) is 2.23. The number of carbonyl (C=O) groups excluding carboxylic acids is 2. The van der Waals surface area contributed by atoms with Crippen molar-refractivity contribution in [3.8, 4) is 0 Å². The first-order valence-corrected chi connectivity index (χ1v) is 4.69. The minimum Gasteiger partial charge on any atom is -0.456 e. The Bertz CT molecular complexity index is 371. The van der Waals surface area contributed by atoms with E-state index in [1.807, 2.05) is 0 Å². The van der Waals surface area contributed by atoms with Crippen LogP contribution in [0.4, 0.5) is 0 Å². The van der Waals surface area contributed by atoms with E-state index in [0.717, 1.165) is 0 Å². The molecule has 0 N–H and O–H groups in total. The van der Waals surface area contributed by atoms with Crippen LogP contribution in [0.2, 0.25) is 0 Å². The highest BCUT2D eigenvalue weighted by Gasteiger charge is 2.19. The first kappa shape index (κ1) is 9.92. The van der Waals surface area contributed by atoms with Crippen molar-refractivity contribution in [3.05, 3.63) is 23.7 Å². The topological polar surface area (TPSA) is 59.8 Å². The summed E-state index contributed by atoms with van der Waals surface area (Å²) in [4.78, 5) is 23.4. The Balaban J connectivity index is 2.00. The fourth-order valence-corrected chi connectivity index (χ4v) is 1.45. The summed E-state index contributed by atoms with van der Waals surface area (Å²) in [7, 11) is 0. The second-order valence-corrected chi connectivity index (χ2v) is 3.29. The van der Waals surface area contributed by atoms with Gasteiger partial charge in [-0.2, -0.15) is 0 Å². The molecule has 1 aromatic rings. The van der Waals surface area contributed by atoms with Crippen molar-refractivity contribution in [2.45, 2.75) is 6.54 Å². The molecule has 2 heterocycles. The monoisotopic (exact) mass is 209 g/mol. The zero-order valence-corrected chi connectivity index (χ0v) is 8.14. The van der Waals surface area contributed by atoms with E-state index >= 15 is 0 Å².